The van der Waals surface area contributed by atoms with E-state index >= 15 is 0 Å². The normalized spacial score (nSPS) is 17.7. The molecule has 4 nitrogen and oxygen atoms in total. The summed E-state index contributed by atoms with van der Waals surface area (Å²) in [7, 11) is 0. The third kappa shape index (κ3) is 3.66. The first-order chi connectivity index (χ1) is 15.4. The first-order valence-electron chi connectivity index (χ1n) is 11.9. The van der Waals surface area contributed by atoms with Gasteiger partial charge in [0.05, 0.1) is 18.3 Å². The average Bonchev–Trinajstić information content (AvgIpc) is 3.35. The summed E-state index contributed by atoms with van der Waals surface area (Å²) in [5.41, 5.74) is 6.50. The zero-order chi connectivity index (χ0) is 22.4. The lowest BCUT2D eigenvalue weighted by atomic mass is 9.94. The second kappa shape index (κ2) is 8.43. The van der Waals surface area contributed by atoms with E-state index in [2.05, 4.69) is 71.2 Å². The van der Waals surface area contributed by atoms with Gasteiger partial charge in [0, 0.05) is 22.7 Å². The molecule has 2 aliphatic rings. The number of rotatable bonds is 3. The molecule has 0 spiro atoms. The molecule has 1 aliphatic heterocycles. The van der Waals surface area contributed by atoms with E-state index in [-0.39, 0.29) is 18.1 Å². The van der Waals surface area contributed by atoms with Crippen molar-refractivity contribution in [3.05, 3.63) is 75.4 Å². The zero-order valence-corrected chi connectivity index (χ0v) is 20.3. The minimum absolute atomic E-state index is 0.00861. The third-order valence-electron chi connectivity index (χ3n) is 6.77. The summed E-state index contributed by atoms with van der Waals surface area (Å²) in [6, 6.07) is 13.1. The molecule has 0 fully saturated rings. The number of nitrogens with one attached hydrogen (secondary N) is 1. The fourth-order valence-electron chi connectivity index (χ4n) is 5.13. The number of nitrogens with zero attached hydrogens (tertiary/aromatic N) is 2. The van der Waals surface area contributed by atoms with Crippen LogP contribution in [-0.2, 0) is 19.4 Å². The fraction of sp³-hybridized carbons (Fsp3) is 0.444. The molecule has 2 aromatic heterocycles. The van der Waals surface area contributed by atoms with Gasteiger partial charge >= 0.3 is 6.03 Å². The van der Waals surface area contributed by atoms with Crippen LogP contribution in [-0.4, -0.2) is 21.5 Å². The predicted octanol–water partition coefficient (Wildman–Crippen LogP) is 6.56. The van der Waals surface area contributed by atoms with Crippen molar-refractivity contribution >= 4 is 17.4 Å². The van der Waals surface area contributed by atoms with E-state index in [1.54, 1.807) is 0 Å². The minimum atomic E-state index is -0.121. The van der Waals surface area contributed by atoms with Gasteiger partial charge in [0.15, 0.2) is 0 Å². The number of benzene rings is 1. The molecule has 2 amide bonds. The number of fused-ring (bicyclic) bond motifs is 5. The summed E-state index contributed by atoms with van der Waals surface area (Å²) in [6.07, 6.45) is 6.99. The van der Waals surface area contributed by atoms with Crippen molar-refractivity contribution in [1.82, 2.24) is 14.8 Å². The van der Waals surface area contributed by atoms with Crippen molar-refractivity contribution in [1.29, 1.82) is 0 Å². The largest absolute Gasteiger partial charge is 0.336 e. The summed E-state index contributed by atoms with van der Waals surface area (Å²) in [6.45, 7) is 9.15. The van der Waals surface area contributed by atoms with E-state index in [9.17, 15) is 4.79 Å². The van der Waals surface area contributed by atoms with Gasteiger partial charge in [-0.1, -0.05) is 38.1 Å². The van der Waals surface area contributed by atoms with Gasteiger partial charge in [-0.2, -0.15) is 0 Å². The second-order valence-electron chi connectivity index (χ2n) is 9.75. The van der Waals surface area contributed by atoms with Gasteiger partial charge in [0.1, 0.15) is 5.00 Å². The van der Waals surface area contributed by atoms with Crippen LogP contribution in [0.1, 0.15) is 85.3 Å². The van der Waals surface area contributed by atoms with Gasteiger partial charge < -0.3 is 14.8 Å². The van der Waals surface area contributed by atoms with Gasteiger partial charge in [0.2, 0.25) is 0 Å². The molecular weight excluding hydrogens is 414 g/mol. The lowest BCUT2D eigenvalue weighted by Gasteiger charge is -2.32. The number of carbonyl (C=O) groups excluding carboxylic acids is 1. The van der Waals surface area contributed by atoms with E-state index in [1.165, 1.54) is 51.5 Å². The van der Waals surface area contributed by atoms with E-state index < -0.39 is 0 Å². The number of aromatic nitrogens is 1. The Morgan fingerprint density at radius 2 is 1.78 bits per heavy atom. The van der Waals surface area contributed by atoms with Crippen molar-refractivity contribution in [2.24, 2.45) is 0 Å². The molecule has 168 valence electrons. The van der Waals surface area contributed by atoms with Gasteiger partial charge in [-0.25, -0.2) is 4.79 Å². The number of aryl methyl sites for hydroxylation is 1. The molecule has 0 radical (unpaired) electrons. The molecule has 1 atom stereocenters. The third-order valence-corrected chi connectivity index (χ3v) is 8.10. The Morgan fingerprint density at radius 3 is 2.50 bits per heavy atom. The van der Waals surface area contributed by atoms with Crippen molar-refractivity contribution in [3.63, 3.8) is 0 Å². The Kier molecular flexibility index (Phi) is 5.62. The van der Waals surface area contributed by atoms with Crippen LogP contribution < -0.4 is 5.32 Å². The average molecular weight is 448 g/mol. The van der Waals surface area contributed by atoms with Crippen LogP contribution in [0.15, 0.2) is 42.6 Å². The Balaban J connectivity index is 1.66. The standard InChI is InChI=1S/C27H33N3OS/c1-17(2)19-11-13-20(14-12-19)25-23-9-7-15-29(23)26-22(16-30(25)27(31)28-18(3)4)21-8-5-6-10-24(21)32-26/h7,9,11-15,17-18,25H,5-6,8,10,16H2,1-4H3,(H,28,31). The van der Waals surface area contributed by atoms with Crippen LogP contribution in [0, 0.1) is 0 Å². The molecule has 3 heterocycles. The van der Waals surface area contributed by atoms with Crippen LogP contribution >= 0.6 is 11.3 Å². The lowest BCUT2D eigenvalue weighted by molar-refractivity contribution is 0.178. The molecule has 5 heteroatoms. The van der Waals surface area contributed by atoms with Crippen LogP contribution in [0.25, 0.3) is 5.00 Å². The van der Waals surface area contributed by atoms with Gasteiger partial charge in [-0.3, -0.25) is 0 Å². The van der Waals surface area contributed by atoms with E-state index in [0.717, 1.165) is 12.0 Å². The predicted molar refractivity (Wildman–Crippen MR) is 132 cm³/mol. The number of thiophene rings is 1. The first kappa shape index (κ1) is 21.3. The zero-order valence-electron chi connectivity index (χ0n) is 19.5. The monoisotopic (exact) mass is 447 g/mol. The summed E-state index contributed by atoms with van der Waals surface area (Å²) >= 11 is 1.93. The van der Waals surface area contributed by atoms with E-state index in [1.807, 2.05) is 25.2 Å². The molecule has 1 N–H and O–H groups in total. The molecular formula is C27H33N3OS. The van der Waals surface area contributed by atoms with Crippen LogP contribution in [0.5, 0.6) is 0 Å². The van der Waals surface area contributed by atoms with Crippen molar-refractivity contribution in [3.8, 4) is 5.00 Å². The summed E-state index contributed by atoms with van der Waals surface area (Å²) in [5.74, 6) is 0.487. The quantitative estimate of drug-likeness (QED) is 0.485. The number of carbonyl (C=O) groups is 1. The number of amides is 2. The number of hydrogen-bond donors (Lipinski definition) is 1. The van der Waals surface area contributed by atoms with Crippen molar-refractivity contribution in [2.75, 3.05) is 0 Å². The SMILES string of the molecule is CC(C)NC(=O)N1Cc2c(sc3c2CCCC3)-n2cccc2C1c1ccc(C(C)C)cc1. The smallest absolute Gasteiger partial charge is 0.318 e. The highest BCUT2D eigenvalue weighted by Crippen LogP contribution is 2.44. The Labute approximate surface area is 195 Å². The number of urea groups is 1. The van der Waals surface area contributed by atoms with Crippen LogP contribution in [0.3, 0.4) is 0 Å². The minimum Gasteiger partial charge on any atom is -0.336 e. The lowest BCUT2D eigenvalue weighted by Crippen LogP contribution is -2.44. The summed E-state index contributed by atoms with van der Waals surface area (Å²) in [5, 5.41) is 4.48. The highest BCUT2D eigenvalue weighted by molar-refractivity contribution is 7.15. The molecule has 0 saturated carbocycles. The highest BCUT2D eigenvalue weighted by atomic mass is 32.1. The molecule has 1 aromatic carbocycles. The molecule has 0 bridgehead atoms. The fourth-order valence-corrected chi connectivity index (χ4v) is 6.53. The molecule has 32 heavy (non-hydrogen) atoms. The molecule has 5 rings (SSSR count). The summed E-state index contributed by atoms with van der Waals surface area (Å²) in [4.78, 5) is 17.1. The molecule has 0 saturated heterocycles. The Hall–Kier alpha value is -2.53. The van der Waals surface area contributed by atoms with Crippen LogP contribution in [0.2, 0.25) is 0 Å². The van der Waals surface area contributed by atoms with E-state index in [4.69, 9.17) is 0 Å². The Bertz CT molecular complexity index is 1120. The van der Waals surface area contributed by atoms with Crippen LogP contribution in [0.4, 0.5) is 4.79 Å². The van der Waals surface area contributed by atoms with Gasteiger partial charge in [-0.15, -0.1) is 11.3 Å². The topological polar surface area (TPSA) is 37.3 Å². The van der Waals surface area contributed by atoms with E-state index in [0.29, 0.717) is 12.5 Å². The molecule has 1 unspecified atom stereocenters. The van der Waals surface area contributed by atoms with Crippen molar-refractivity contribution in [2.45, 2.75) is 77.9 Å². The highest BCUT2D eigenvalue weighted by Gasteiger charge is 2.36. The maximum absolute atomic E-state index is 13.6. The molecule has 3 aromatic rings. The summed E-state index contributed by atoms with van der Waals surface area (Å²) < 4.78 is 2.35. The maximum atomic E-state index is 13.6. The second-order valence-corrected chi connectivity index (χ2v) is 10.8. The van der Waals surface area contributed by atoms with Crippen molar-refractivity contribution < 1.29 is 4.79 Å². The Morgan fingerprint density at radius 1 is 1.03 bits per heavy atom. The van der Waals surface area contributed by atoms with Gasteiger partial charge in [0.25, 0.3) is 0 Å². The first-order valence-corrected chi connectivity index (χ1v) is 12.7. The maximum Gasteiger partial charge on any atom is 0.318 e. The van der Waals surface area contributed by atoms with Gasteiger partial charge in [-0.05, 0) is 74.3 Å². The molecule has 1 aliphatic carbocycles. The number of hydrogen-bond acceptors (Lipinski definition) is 2.